The Bertz CT molecular complexity index is 408. The number of benzene rings is 1. The average Bonchev–Trinajstić information content (AvgIpc) is 2.29. The molecule has 3 nitrogen and oxygen atoms in total. The maximum Gasteiger partial charge on any atom is 0.173 e. The van der Waals surface area contributed by atoms with Crippen LogP contribution >= 0.6 is 0 Å². The lowest BCUT2D eigenvalue weighted by Crippen LogP contribution is -2.14. The normalized spacial score (nSPS) is 10.4. The molecule has 0 aromatic heterocycles. The van der Waals surface area contributed by atoms with Gasteiger partial charge >= 0.3 is 0 Å². The Morgan fingerprint density at radius 2 is 1.88 bits per heavy atom. The zero-order valence-electron chi connectivity index (χ0n) is 10.5. The van der Waals surface area contributed by atoms with Gasteiger partial charge in [-0.1, -0.05) is 26.0 Å². The zero-order chi connectivity index (χ0) is 12.8. The first kappa shape index (κ1) is 13.4. The van der Waals surface area contributed by atoms with E-state index in [0.29, 0.717) is 17.9 Å². The largest absolute Gasteiger partial charge is 0.493 e. The fourth-order valence-electron chi connectivity index (χ4n) is 1.44. The van der Waals surface area contributed by atoms with Crippen LogP contribution in [0.5, 0.6) is 5.75 Å². The molecule has 0 atom stereocenters. The van der Waals surface area contributed by atoms with Crippen LogP contribution < -0.4 is 4.74 Å². The van der Waals surface area contributed by atoms with Crippen LogP contribution in [0, 0.1) is 5.92 Å². The monoisotopic (exact) mass is 234 g/mol. The van der Waals surface area contributed by atoms with Gasteiger partial charge in [0.25, 0.3) is 0 Å². The highest BCUT2D eigenvalue weighted by Gasteiger charge is 2.17. The summed E-state index contributed by atoms with van der Waals surface area (Å²) >= 11 is 0. The zero-order valence-corrected chi connectivity index (χ0v) is 10.5. The van der Waals surface area contributed by atoms with Crippen molar-refractivity contribution in [1.82, 2.24) is 0 Å². The van der Waals surface area contributed by atoms with E-state index in [1.165, 1.54) is 0 Å². The van der Waals surface area contributed by atoms with Gasteiger partial charge in [0.1, 0.15) is 11.5 Å². The molecule has 0 spiro atoms. The number of hydrogen-bond acceptors (Lipinski definition) is 3. The molecule has 1 aromatic carbocycles. The van der Waals surface area contributed by atoms with Crippen molar-refractivity contribution in [3.8, 4) is 5.75 Å². The van der Waals surface area contributed by atoms with Gasteiger partial charge in [-0.25, -0.2) is 0 Å². The van der Waals surface area contributed by atoms with Gasteiger partial charge in [0, 0.05) is 5.92 Å². The molecule has 92 valence electrons. The minimum absolute atomic E-state index is 0.0405. The quantitative estimate of drug-likeness (QED) is 0.561. The average molecular weight is 234 g/mol. The summed E-state index contributed by atoms with van der Waals surface area (Å²) in [4.78, 5) is 23.5. The molecular weight excluding hydrogens is 216 g/mol. The topological polar surface area (TPSA) is 43.4 Å². The van der Waals surface area contributed by atoms with Gasteiger partial charge in [0.05, 0.1) is 18.6 Å². The Balaban J connectivity index is 2.85. The molecule has 1 aromatic rings. The van der Waals surface area contributed by atoms with E-state index in [1.807, 2.05) is 13.0 Å². The molecule has 17 heavy (non-hydrogen) atoms. The van der Waals surface area contributed by atoms with Crippen molar-refractivity contribution in [2.45, 2.75) is 27.2 Å². The molecule has 0 aliphatic rings. The fraction of sp³-hybridized carbons (Fsp3) is 0.429. The molecule has 1 rings (SSSR count). The summed E-state index contributed by atoms with van der Waals surface area (Å²) in [5.74, 6) is 0.226. The second-order valence-electron chi connectivity index (χ2n) is 4.15. The molecule has 0 fully saturated rings. The first-order chi connectivity index (χ1) is 8.06. The van der Waals surface area contributed by atoms with E-state index in [2.05, 4.69) is 0 Å². The van der Waals surface area contributed by atoms with Crippen LogP contribution in [0.1, 0.15) is 37.6 Å². The number of hydrogen-bond donors (Lipinski definition) is 0. The van der Waals surface area contributed by atoms with Crippen LogP contribution in [0.2, 0.25) is 0 Å². The van der Waals surface area contributed by atoms with E-state index in [0.717, 1.165) is 0 Å². The van der Waals surface area contributed by atoms with Crippen molar-refractivity contribution in [1.29, 1.82) is 0 Å². The second kappa shape index (κ2) is 6.18. The van der Waals surface area contributed by atoms with Gasteiger partial charge in [-0.2, -0.15) is 0 Å². The molecule has 0 heterocycles. The first-order valence-electron chi connectivity index (χ1n) is 5.84. The van der Waals surface area contributed by atoms with E-state index >= 15 is 0 Å². The molecule has 0 saturated heterocycles. The molecule has 0 unspecified atom stereocenters. The molecule has 0 N–H and O–H groups in total. The third-order valence-electron chi connectivity index (χ3n) is 2.47. The Hall–Kier alpha value is -1.64. The van der Waals surface area contributed by atoms with Crippen LogP contribution in [-0.2, 0) is 4.79 Å². The summed E-state index contributed by atoms with van der Waals surface area (Å²) in [7, 11) is 0. The smallest absolute Gasteiger partial charge is 0.173 e. The minimum Gasteiger partial charge on any atom is -0.493 e. The second-order valence-corrected chi connectivity index (χ2v) is 4.15. The van der Waals surface area contributed by atoms with Gasteiger partial charge in [-0.15, -0.1) is 0 Å². The van der Waals surface area contributed by atoms with Crippen LogP contribution in [0.25, 0.3) is 0 Å². The molecule has 0 amide bonds. The number of carbonyl (C=O) groups excluding carboxylic acids is 2. The van der Waals surface area contributed by atoms with Crippen molar-refractivity contribution >= 4 is 11.6 Å². The fourth-order valence-corrected chi connectivity index (χ4v) is 1.44. The summed E-state index contributed by atoms with van der Waals surface area (Å²) in [6.45, 7) is 5.96. The van der Waals surface area contributed by atoms with Crippen molar-refractivity contribution < 1.29 is 14.3 Å². The molecule has 0 bridgehead atoms. The van der Waals surface area contributed by atoms with E-state index < -0.39 is 0 Å². The molecule has 0 aliphatic heterocycles. The lowest BCUT2D eigenvalue weighted by molar-refractivity contribution is -0.121. The van der Waals surface area contributed by atoms with Crippen molar-refractivity contribution in [3.63, 3.8) is 0 Å². The van der Waals surface area contributed by atoms with Crippen LogP contribution in [-0.4, -0.2) is 18.2 Å². The Labute approximate surface area is 102 Å². The van der Waals surface area contributed by atoms with Crippen molar-refractivity contribution in [2.24, 2.45) is 5.92 Å². The summed E-state index contributed by atoms with van der Waals surface area (Å²) in [5.41, 5.74) is 0.489. The summed E-state index contributed by atoms with van der Waals surface area (Å²) < 4.78 is 5.37. The maximum atomic E-state index is 12.0. The number of Topliss-reactive ketones (excluding diaryl/α,β-unsaturated/α-hetero) is 2. The van der Waals surface area contributed by atoms with E-state index in [4.69, 9.17) is 4.74 Å². The van der Waals surface area contributed by atoms with E-state index in [9.17, 15) is 9.59 Å². The van der Waals surface area contributed by atoms with Gasteiger partial charge < -0.3 is 4.74 Å². The predicted octanol–water partition coefficient (Wildman–Crippen LogP) is 2.88. The summed E-state index contributed by atoms with van der Waals surface area (Å²) in [5, 5.41) is 0. The highest BCUT2D eigenvalue weighted by atomic mass is 16.5. The van der Waals surface area contributed by atoms with Gasteiger partial charge in [0.2, 0.25) is 0 Å². The molecule has 3 heteroatoms. The van der Waals surface area contributed by atoms with E-state index in [-0.39, 0.29) is 23.9 Å². The van der Waals surface area contributed by atoms with Gasteiger partial charge in [0.15, 0.2) is 5.78 Å². The highest BCUT2D eigenvalue weighted by Crippen LogP contribution is 2.20. The minimum atomic E-state index is -0.173. The standard InChI is InChI=1S/C14H18O3/c1-4-17-14-8-6-5-7-11(14)13(16)9-12(15)10(2)3/h5-8,10H,4,9H2,1-3H3. The van der Waals surface area contributed by atoms with Crippen LogP contribution in [0.15, 0.2) is 24.3 Å². The highest BCUT2D eigenvalue weighted by molar-refractivity contribution is 6.09. The number of para-hydroxylation sites is 1. The molecule has 0 aliphatic carbocycles. The van der Waals surface area contributed by atoms with Gasteiger partial charge in [-0.05, 0) is 19.1 Å². The SMILES string of the molecule is CCOc1ccccc1C(=O)CC(=O)C(C)C. The Morgan fingerprint density at radius 3 is 2.47 bits per heavy atom. The number of rotatable bonds is 6. The number of carbonyl (C=O) groups is 2. The third-order valence-corrected chi connectivity index (χ3v) is 2.47. The third kappa shape index (κ3) is 3.70. The predicted molar refractivity (Wildman–Crippen MR) is 66.4 cm³/mol. The lowest BCUT2D eigenvalue weighted by atomic mass is 9.99. The van der Waals surface area contributed by atoms with Crippen LogP contribution in [0.4, 0.5) is 0 Å². The maximum absolute atomic E-state index is 12.0. The van der Waals surface area contributed by atoms with Crippen LogP contribution in [0.3, 0.4) is 0 Å². The summed E-state index contributed by atoms with van der Waals surface area (Å²) in [6.07, 6.45) is -0.0538. The molecule has 0 saturated carbocycles. The Kier molecular flexibility index (Phi) is 4.88. The summed E-state index contributed by atoms with van der Waals surface area (Å²) in [6, 6.07) is 7.03. The van der Waals surface area contributed by atoms with Crippen molar-refractivity contribution in [3.05, 3.63) is 29.8 Å². The molecule has 0 radical (unpaired) electrons. The Morgan fingerprint density at radius 1 is 1.24 bits per heavy atom. The van der Waals surface area contributed by atoms with Crippen molar-refractivity contribution in [2.75, 3.05) is 6.61 Å². The van der Waals surface area contributed by atoms with E-state index in [1.54, 1.807) is 32.0 Å². The number of ketones is 2. The molecular formula is C14H18O3. The first-order valence-corrected chi connectivity index (χ1v) is 5.84. The van der Waals surface area contributed by atoms with Gasteiger partial charge in [-0.3, -0.25) is 9.59 Å². The lowest BCUT2D eigenvalue weighted by Gasteiger charge is -2.09. The number of ether oxygens (including phenoxy) is 1.